The fraction of sp³-hybridized carbons (Fsp3) is 0.355. The molecule has 3 aromatic rings. The average Bonchev–Trinajstić information content (AvgIpc) is 2.99. The van der Waals surface area contributed by atoms with Crippen molar-refractivity contribution in [3.05, 3.63) is 87.9 Å². The van der Waals surface area contributed by atoms with Crippen LogP contribution >= 0.6 is 11.6 Å². The number of nitrogens with two attached hydrogens (primary N) is 1. The Morgan fingerprint density at radius 3 is 2.50 bits per heavy atom. The number of nitrogens with one attached hydrogen (secondary N) is 1. The quantitative estimate of drug-likeness (QED) is 0.333. The maximum Gasteiger partial charge on any atom is 0.416 e. The van der Waals surface area contributed by atoms with Crippen LogP contribution < -0.4 is 16.0 Å². The fourth-order valence-corrected chi connectivity index (χ4v) is 5.50. The van der Waals surface area contributed by atoms with Gasteiger partial charge in [0, 0.05) is 51.6 Å². The molecule has 1 aliphatic rings. The van der Waals surface area contributed by atoms with Crippen molar-refractivity contribution in [2.75, 3.05) is 44.7 Å². The molecule has 2 amide bonds. The highest BCUT2D eigenvalue weighted by Crippen LogP contribution is 2.35. The number of carbonyl (C=O) groups is 2. The summed E-state index contributed by atoms with van der Waals surface area (Å²) >= 11 is 6.12. The lowest BCUT2D eigenvalue weighted by molar-refractivity contribution is -0.137. The zero-order valence-electron chi connectivity index (χ0n) is 23.5. The van der Waals surface area contributed by atoms with Crippen molar-refractivity contribution in [3.63, 3.8) is 0 Å². The first-order valence-electron chi connectivity index (χ1n) is 13.7. The Morgan fingerprint density at radius 1 is 1.07 bits per heavy atom. The number of ether oxygens (including phenoxy) is 1. The minimum atomic E-state index is -4.56. The molecule has 0 spiro atoms. The van der Waals surface area contributed by atoms with Crippen LogP contribution in [0.4, 0.5) is 18.9 Å². The van der Waals surface area contributed by atoms with E-state index in [2.05, 4.69) is 10.2 Å². The Morgan fingerprint density at radius 2 is 1.83 bits per heavy atom. The Kier molecular flexibility index (Phi) is 10.1. The second-order valence-corrected chi connectivity index (χ2v) is 10.5. The Hall–Kier alpha value is -3.60. The summed E-state index contributed by atoms with van der Waals surface area (Å²) in [7, 11) is 1.63. The van der Waals surface area contributed by atoms with E-state index < -0.39 is 17.6 Å². The van der Waals surface area contributed by atoms with Crippen LogP contribution in [0.1, 0.15) is 45.2 Å². The minimum absolute atomic E-state index is 0.0221. The van der Waals surface area contributed by atoms with Crippen molar-refractivity contribution in [2.24, 2.45) is 5.73 Å². The number of piperazine rings is 1. The lowest BCUT2D eigenvalue weighted by Gasteiger charge is -2.43. The van der Waals surface area contributed by atoms with Gasteiger partial charge in [0.05, 0.1) is 28.3 Å². The molecular formula is C31H34ClF3N4O3. The third-order valence-corrected chi connectivity index (χ3v) is 7.69. The normalized spacial score (nSPS) is 15.5. The molecule has 1 saturated heterocycles. The fourth-order valence-electron chi connectivity index (χ4n) is 5.24. The lowest BCUT2D eigenvalue weighted by atomic mass is 9.96. The third-order valence-electron chi connectivity index (χ3n) is 7.38. The first-order valence-corrected chi connectivity index (χ1v) is 14.1. The Balaban J connectivity index is 1.64. The van der Waals surface area contributed by atoms with E-state index in [9.17, 15) is 22.8 Å². The molecule has 0 aromatic heterocycles. The zero-order chi connectivity index (χ0) is 30.4. The van der Waals surface area contributed by atoms with Gasteiger partial charge in [-0.3, -0.25) is 9.59 Å². The second kappa shape index (κ2) is 13.6. The number of rotatable bonds is 9. The summed E-state index contributed by atoms with van der Waals surface area (Å²) in [6.45, 7) is 4.05. The number of alkyl halides is 3. The van der Waals surface area contributed by atoms with Crippen LogP contribution in [0.5, 0.6) is 0 Å². The summed E-state index contributed by atoms with van der Waals surface area (Å²) in [5.41, 5.74) is 8.77. The van der Waals surface area contributed by atoms with E-state index in [1.807, 2.05) is 49.4 Å². The smallest absolute Gasteiger partial charge is 0.380 e. The van der Waals surface area contributed by atoms with E-state index in [0.717, 1.165) is 40.6 Å². The number of benzene rings is 3. The van der Waals surface area contributed by atoms with Crippen molar-refractivity contribution >= 4 is 29.1 Å². The van der Waals surface area contributed by atoms with Crippen LogP contribution in [-0.2, 0) is 17.5 Å². The standard InChI is InChI=1S/C31H34ClF3N4O3/c1-3-23-18-38(30(41)25-10-9-22(17-27(25)32)31(33,34)35)14-15-39(23)28-11-8-20(16-26(28)29(40)37-13-12-36)24-7-5-4-6-21(24)19-42-2/h4-11,16-17,23H,3,12-15,18-19,36H2,1-2H3,(H,37,40)/t23-/m1/s1. The van der Waals surface area contributed by atoms with Crippen molar-refractivity contribution in [2.45, 2.75) is 32.2 Å². The van der Waals surface area contributed by atoms with Gasteiger partial charge in [-0.2, -0.15) is 13.2 Å². The molecule has 1 aliphatic heterocycles. The Labute approximate surface area is 248 Å². The van der Waals surface area contributed by atoms with Crippen molar-refractivity contribution in [1.82, 2.24) is 10.2 Å². The zero-order valence-corrected chi connectivity index (χ0v) is 24.3. The van der Waals surface area contributed by atoms with Gasteiger partial charge in [0.15, 0.2) is 0 Å². The number of halogens is 4. The molecule has 224 valence electrons. The molecule has 1 atom stereocenters. The van der Waals surface area contributed by atoms with Gasteiger partial charge < -0.3 is 25.6 Å². The highest BCUT2D eigenvalue weighted by Gasteiger charge is 2.34. The molecule has 4 rings (SSSR count). The molecule has 3 N–H and O–H groups in total. The van der Waals surface area contributed by atoms with Gasteiger partial charge in [0.1, 0.15) is 0 Å². The van der Waals surface area contributed by atoms with Gasteiger partial charge in [-0.05, 0) is 53.4 Å². The highest BCUT2D eigenvalue weighted by atomic mass is 35.5. The van der Waals surface area contributed by atoms with Gasteiger partial charge in [0.2, 0.25) is 0 Å². The molecule has 0 unspecified atom stereocenters. The van der Waals surface area contributed by atoms with Gasteiger partial charge in [-0.25, -0.2) is 0 Å². The number of nitrogens with zero attached hydrogens (tertiary/aromatic N) is 2. The second-order valence-electron chi connectivity index (χ2n) is 10.1. The first-order chi connectivity index (χ1) is 20.1. The van der Waals surface area contributed by atoms with Crippen molar-refractivity contribution in [1.29, 1.82) is 0 Å². The molecule has 11 heteroatoms. The molecule has 0 bridgehead atoms. The number of hydrogen-bond acceptors (Lipinski definition) is 5. The van der Waals surface area contributed by atoms with Crippen LogP contribution in [0.3, 0.4) is 0 Å². The van der Waals surface area contributed by atoms with Crippen molar-refractivity contribution < 1.29 is 27.5 Å². The molecule has 1 fully saturated rings. The summed E-state index contributed by atoms with van der Waals surface area (Å²) in [5.74, 6) is -0.691. The monoisotopic (exact) mass is 602 g/mol. The van der Waals surface area contributed by atoms with Crippen LogP contribution in [0.25, 0.3) is 11.1 Å². The summed E-state index contributed by atoms with van der Waals surface area (Å²) in [6, 6.07) is 16.2. The highest BCUT2D eigenvalue weighted by molar-refractivity contribution is 6.33. The molecule has 0 aliphatic carbocycles. The van der Waals surface area contributed by atoms with E-state index in [1.165, 1.54) is 0 Å². The average molecular weight is 603 g/mol. The van der Waals surface area contributed by atoms with Crippen molar-refractivity contribution in [3.8, 4) is 11.1 Å². The molecule has 1 heterocycles. The number of anilines is 1. The predicted molar refractivity (Wildman–Crippen MR) is 158 cm³/mol. The van der Waals surface area contributed by atoms with Gasteiger partial charge in [-0.15, -0.1) is 0 Å². The van der Waals surface area contributed by atoms with E-state index in [1.54, 1.807) is 12.0 Å². The molecular weight excluding hydrogens is 569 g/mol. The minimum Gasteiger partial charge on any atom is -0.380 e. The largest absolute Gasteiger partial charge is 0.416 e. The third kappa shape index (κ3) is 6.88. The maximum absolute atomic E-state index is 13.4. The van der Waals surface area contributed by atoms with Crippen LogP contribution in [0.2, 0.25) is 5.02 Å². The lowest BCUT2D eigenvalue weighted by Crippen LogP contribution is -2.55. The summed E-state index contributed by atoms with van der Waals surface area (Å²) in [4.78, 5) is 30.4. The maximum atomic E-state index is 13.4. The van der Waals surface area contributed by atoms with E-state index in [-0.39, 0.29) is 22.5 Å². The number of hydrogen-bond donors (Lipinski definition) is 2. The molecule has 0 saturated carbocycles. The summed E-state index contributed by atoms with van der Waals surface area (Å²) in [5, 5.41) is 2.63. The van der Waals surface area contributed by atoms with E-state index in [4.69, 9.17) is 22.1 Å². The summed E-state index contributed by atoms with van der Waals surface area (Å²) < 4.78 is 44.6. The SMILES string of the molecule is CC[C@@H]1CN(C(=O)c2ccc(C(F)(F)F)cc2Cl)CCN1c1ccc(-c2ccccc2COC)cc1C(=O)NCCN. The Bertz CT molecular complexity index is 1430. The number of amides is 2. The number of carbonyl (C=O) groups excluding carboxylic acids is 2. The molecule has 42 heavy (non-hydrogen) atoms. The van der Waals surface area contributed by atoms with Gasteiger partial charge in [0.25, 0.3) is 11.8 Å². The summed E-state index contributed by atoms with van der Waals surface area (Å²) in [6.07, 6.45) is -3.90. The van der Waals surface area contributed by atoms with Gasteiger partial charge >= 0.3 is 6.18 Å². The molecule has 3 aromatic carbocycles. The van der Waals surface area contributed by atoms with E-state index in [0.29, 0.717) is 51.3 Å². The molecule has 7 nitrogen and oxygen atoms in total. The van der Waals surface area contributed by atoms with Gasteiger partial charge in [-0.1, -0.05) is 48.9 Å². The molecule has 0 radical (unpaired) electrons. The van der Waals surface area contributed by atoms with E-state index >= 15 is 0 Å². The van der Waals surface area contributed by atoms with Crippen LogP contribution in [0.15, 0.2) is 60.7 Å². The van der Waals surface area contributed by atoms with Crippen LogP contribution in [0, 0.1) is 0 Å². The van der Waals surface area contributed by atoms with Crippen LogP contribution in [-0.4, -0.2) is 62.6 Å². The predicted octanol–water partition coefficient (Wildman–Crippen LogP) is 5.60. The number of methoxy groups -OCH3 is 1. The first kappa shape index (κ1) is 31.3. The topological polar surface area (TPSA) is 87.9 Å².